The van der Waals surface area contributed by atoms with Gasteiger partial charge in [0.15, 0.2) is 0 Å². The Hall–Kier alpha value is -0.870. The van der Waals surface area contributed by atoms with E-state index >= 15 is 0 Å². The minimum Gasteiger partial charge on any atom is -0.381 e. The molecule has 2 rings (SSSR count). The first-order valence-electron chi connectivity index (χ1n) is 5.12. The fraction of sp³-hybridized carbons (Fsp3) is 0.700. The molecule has 1 aliphatic heterocycles. The van der Waals surface area contributed by atoms with Crippen LogP contribution in [0.3, 0.4) is 0 Å². The van der Waals surface area contributed by atoms with Crippen molar-refractivity contribution in [3.05, 3.63) is 18.2 Å². The molecule has 14 heavy (non-hydrogen) atoms. The highest BCUT2D eigenvalue weighted by molar-refractivity contribution is 4.95. The smallest absolute Gasteiger partial charge is 0.0947 e. The summed E-state index contributed by atoms with van der Waals surface area (Å²) < 4.78 is 7.27. The molecule has 78 valence electrons. The predicted octanol–water partition coefficient (Wildman–Crippen LogP) is 0.689. The maximum Gasteiger partial charge on any atom is 0.0947 e. The van der Waals surface area contributed by atoms with Crippen molar-refractivity contribution in [2.75, 3.05) is 13.2 Å². The topological polar surface area (TPSA) is 39.1 Å². The van der Waals surface area contributed by atoms with Crippen LogP contribution < -0.4 is 5.32 Å². The molecule has 0 atom stereocenters. The predicted molar refractivity (Wildman–Crippen MR) is 53.9 cm³/mol. The van der Waals surface area contributed by atoms with Gasteiger partial charge in [0.2, 0.25) is 0 Å². The molecule has 0 spiro atoms. The number of aryl methyl sites for hydroxylation is 1. The van der Waals surface area contributed by atoms with E-state index in [0.29, 0.717) is 6.04 Å². The number of hydrogen-bond acceptors (Lipinski definition) is 3. The molecule has 1 aromatic heterocycles. The molecular weight excluding hydrogens is 178 g/mol. The van der Waals surface area contributed by atoms with Crippen molar-refractivity contribution >= 4 is 0 Å². The van der Waals surface area contributed by atoms with Crippen molar-refractivity contribution in [1.29, 1.82) is 0 Å². The lowest BCUT2D eigenvalue weighted by atomic mass is 10.1. The van der Waals surface area contributed by atoms with Gasteiger partial charge in [0, 0.05) is 39.0 Å². The molecule has 1 aromatic rings. The number of ether oxygens (including phenoxy) is 1. The molecule has 1 fully saturated rings. The third-order valence-electron chi connectivity index (χ3n) is 2.55. The molecule has 0 unspecified atom stereocenters. The summed E-state index contributed by atoms with van der Waals surface area (Å²) in [6, 6.07) is 0.603. The lowest BCUT2D eigenvalue weighted by Gasteiger charge is -2.22. The SMILES string of the molecule is Cn1cnc(CNC2CCOCC2)c1. The monoisotopic (exact) mass is 195 g/mol. The average molecular weight is 195 g/mol. The van der Waals surface area contributed by atoms with Crippen LogP contribution in [0.4, 0.5) is 0 Å². The maximum atomic E-state index is 5.30. The van der Waals surface area contributed by atoms with E-state index in [2.05, 4.69) is 10.3 Å². The van der Waals surface area contributed by atoms with Crippen LogP contribution in [-0.4, -0.2) is 28.8 Å². The molecular formula is C10H17N3O. The molecule has 4 heteroatoms. The van der Waals surface area contributed by atoms with E-state index in [1.54, 1.807) is 0 Å². The Balaban J connectivity index is 1.76. The fourth-order valence-corrected chi connectivity index (χ4v) is 1.71. The second-order valence-electron chi connectivity index (χ2n) is 3.80. The van der Waals surface area contributed by atoms with E-state index in [9.17, 15) is 0 Å². The van der Waals surface area contributed by atoms with Crippen LogP contribution in [0.25, 0.3) is 0 Å². The van der Waals surface area contributed by atoms with Crippen LogP contribution in [0.1, 0.15) is 18.5 Å². The number of imidazole rings is 1. The van der Waals surface area contributed by atoms with Crippen molar-refractivity contribution in [2.24, 2.45) is 7.05 Å². The number of nitrogens with one attached hydrogen (secondary N) is 1. The summed E-state index contributed by atoms with van der Waals surface area (Å²) in [6.45, 7) is 2.64. The Morgan fingerprint density at radius 2 is 2.36 bits per heavy atom. The van der Waals surface area contributed by atoms with Crippen molar-refractivity contribution in [3.63, 3.8) is 0 Å². The Morgan fingerprint density at radius 1 is 1.57 bits per heavy atom. The molecule has 1 N–H and O–H groups in total. The van der Waals surface area contributed by atoms with Gasteiger partial charge >= 0.3 is 0 Å². The third kappa shape index (κ3) is 2.56. The van der Waals surface area contributed by atoms with E-state index in [0.717, 1.165) is 38.3 Å². The summed E-state index contributed by atoms with van der Waals surface area (Å²) >= 11 is 0. The highest BCUT2D eigenvalue weighted by Crippen LogP contribution is 2.06. The van der Waals surface area contributed by atoms with Gasteiger partial charge in [0.05, 0.1) is 12.0 Å². The zero-order chi connectivity index (χ0) is 9.80. The molecule has 0 radical (unpaired) electrons. The molecule has 0 saturated carbocycles. The third-order valence-corrected chi connectivity index (χ3v) is 2.55. The summed E-state index contributed by atoms with van der Waals surface area (Å²) in [6.07, 6.45) is 6.12. The molecule has 1 aliphatic rings. The lowest BCUT2D eigenvalue weighted by Crippen LogP contribution is -2.34. The average Bonchev–Trinajstić information content (AvgIpc) is 2.63. The van der Waals surface area contributed by atoms with Crippen molar-refractivity contribution in [3.8, 4) is 0 Å². The summed E-state index contributed by atoms with van der Waals surface area (Å²) in [5.41, 5.74) is 1.11. The van der Waals surface area contributed by atoms with Gasteiger partial charge in [-0.15, -0.1) is 0 Å². The lowest BCUT2D eigenvalue weighted by molar-refractivity contribution is 0.0775. The zero-order valence-electron chi connectivity index (χ0n) is 8.57. The standard InChI is InChI=1S/C10H17N3O/c1-13-7-10(12-8-13)6-11-9-2-4-14-5-3-9/h7-9,11H,2-6H2,1H3. The largest absolute Gasteiger partial charge is 0.381 e. The van der Waals surface area contributed by atoms with Crippen LogP contribution in [0.15, 0.2) is 12.5 Å². The van der Waals surface area contributed by atoms with Gasteiger partial charge in [-0.3, -0.25) is 0 Å². The zero-order valence-corrected chi connectivity index (χ0v) is 8.57. The Bertz CT molecular complexity index is 279. The van der Waals surface area contributed by atoms with Gasteiger partial charge in [0.25, 0.3) is 0 Å². The van der Waals surface area contributed by atoms with Gasteiger partial charge in [-0.25, -0.2) is 4.98 Å². The highest BCUT2D eigenvalue weighted by atomic mass is 16.5. The van der Waals surface area contributed by atoms with Crippen LogP contribution in [0.5, 0.6) is 0 Å². The van der Waals surface area contributed by atoms with Crippen molar-refractivity contribution < 1.29 is 4.74 Å². The number of aromatic nitrogens is 2. The van der Waals surface area contributed by atoms with Crippen LogP contribution in [0, 0.1) is 0 Å². The van der Waals surface area contributed by atoms with Crippen molar-refractivity contribution in [1.82, 2.24) is 14.9 Å². The van der Waals surface area contributed by atoms with E-state index < -0.39 is 0 Å². The van der Waals surface area contributed by atoms with Gasteiger partial charge < -0.3 is 14.6 Å². The van der Waals surface area contributed by atoms with Gasteiger partial charge in [-0.2, -0.15) is 0 Å². The van der Waals surface area contributed by atoms with E-state index in [1.165, 1.54) is 0 Å². The first-order chi connectivity index (χ1) is 6.84. The van der Waals surface area contributed by atoms with E-state index in [1.807, 2.05) is 24.1 Å². The first kappa shape index (κ1) is 9.68. The first-order valence-corrected chi connectivity index (χ1v) is 5.12. The number of nitrogens with zero attached hydrogens (tertiary/aromatic N) is 2. The normalized spacial score (nSPS) is 18.6. The van der Waals surface area contributed by atoms with Gasteiger partial charge in [-0.05, 0) is 12.8 Å². The van der Waals surface area contributed by atoms with Crippen molar-refractivity contribution in [2.45, 2.75) is 25.4 Å². The fourth-order valence-electron chi connectivity index (χ4n) is 1.71. The molecule has 0 aromatic carbocycles. The second-order valence-corrected chi connectivity index (χ2v) is 3.80. The van der Waals surface area contributed by atoms with Crippen LogP contribution >= 0.6 is 0 Å². The quantitative estimate of drug-likeness (QED) is 0.771. The minimum absolute atomic E-state index is 0.603. The number of rotatable bonds is 3. The highest BCUT2D eigenvalue weighted by Gasteiger charge is 2.12. The molecule has 0 bridgehead atoms. The Morgan fingerprint density at radius 3 is 3.00 bits per heavy atom. The maximum absolute atomic E-state index is 5.30. The summed E-state index contributed by atoms with van der Waals surface area (Å²) in [5, 5.41) is 3.50. The second kappa shape index (κ2) is 4.57. The summed E-state index contributed by atoms with van der Waals surface area (Å²) in [7, 11) is 1.99. The van der Waals surface area contributed by atoms with Crippen LogP contribution in [0.2, 0.25) is 0 Å². The molecule has 1 saturated heterocycles. The summed E-state index contributed by atoms with van der Waals surface area (Å²) in [5.74, 6) is 0. The number of hydrogen-bond donors (Lipinski definition) is 1. The molecule has 0 aliphatic carbocycles. The van der Waals surface area contributed by atoms with Crippen LogP contribution in [-0.2, 0) is 18.3 Å². The van der Waals surface area contributed by atoms with Gasteiger partial charge in [0.1, 0.15) is 0 Å². The van der Waals surface area contributed by atoms with E-state index in [-0.39, 0.29) is 0 Å². The molecule has 4 nitrogen and oxygen atoms in total. The van der Waals surface area contributed by atoms with Gasteiger partial charge in [-0.1, -0.05) is 0 Å². The molecule has 0 amide bonds. The Labute approximate surface area is 84.3 Å². The molecule has 2 heterocycles. The minimum atomic E-state index is 0.603. The van der Waals surface area contributed by atoms with E-state index in [4.69, 9.17) is 4.74 Å². The summed E-state index contributed by atoms with van der Waals surface area (Å²) in [4.78, 5) is 4.27. The Kier molecular flexibility index (Phi) is 3.16.